The van der Waals surface area contributed by atoms with Gasteiger partial charge < -0.3 is 4.98 Å². The molecule has 3 nitrogen and oxygen atoms in total. The van der Waals surface area contributed by atoms with Gasteiger partial charge in [0.05, 0.1) is 11.0 Å². The predicted molar refractivity (Wildman–Crippen MR) is 88.5 cm³/mol. The zero-order chi connectivity index (χ0) is 14.7. The molecule has 0 saturated heterocycles. The molecule has 4 heteroatoms. The topological polar surface area (TPSA) is 31.9 Å². The maximum absolute atomic E-state index is 4.65. The summed E-state index contributed by atoms with van der Waals surface area (Å²) in [5.41, 5.74) is 3.45. The largest absolute Gasteiger partial charge is 0.333 e. The second-order valence-electron chi connectivity index (χ2n) is 5.84. The molecule has 0 saturated carbocycles. The van der Waals surface area contributed by atoms with Gasteiger partial charge in [0.15, 0.2) is 5.16 Å². The van der Waals surface area contributed by atoms with Gasteiger partial charge in [-0.15, -0.1) is 0 Å². The fourth-order valence-electron chi connectivity index (χ4n) is 2.52. The van der Waals surface area contributed by atoms with E-state index >= 15 is 0 Å². The Labute approximate surface area is 126 Å². The summed E-state index contributed by atoms with van der Waals surface area (Å²) in [4.78, 5) is 10.6. The van der Waals surface area contributed by atoms with Crippen LogP contribution in [0.4, 0.5) is 0 Å². The lowest BCUT2D eigenvalue weighted by molar-refractivity contribution is 0.187. The van der Waals surface area contributed by atoms with Crippen molar-refractivity contribution in [2.45, 2.75) is 51.9 Å². The number of aryl methyl sites for hydroxylation is 1. The van der Waals surface area contributed by atoms with Crippen LogP contribution in [0, 0.1) is 6.92 Å². The maximum Gasteiger partial charge on any atom is 0.166 e. The van der Waals surface area contributed by atoms with Crippen molar-refractivity contribution >= 4 is 22.8 Å². The molecule has 0 aliphatic rings. The van der Waals surface area contributed by atoms with Gasteiger partial charge in [0, 0.05) is 24.4 Å². The molecule has 20 heavy (non-hydrogen) atoms. The lowest BCUT2D eigenvalue weighted by Crippen LogP contribution is -2.38. The number of H-pyrrole nitrogens is 1. The monoisotopic (exact) mass is 291 g/mol. The molecule has 0 fully saturated rings. The average molecular weight is 291 g/mol. The van der Waals surface area contributed by atoms with Gasteiger partial charge >= 0.3 is 0 Å². The van der Waals surface area contributed by atoms with E-state index in [0.717, 1.165) is 28.5 Å². The molecule has 0 unspecified atom stereocenters. The van der Waals surface area contributed by atoms with Crippen molar-refractivity contribution < 1.29 is 0 Å². The molecule has 110 valence electrons. The number of thioether (sulfide) groups is 1. The molecule has 1 aromatic carbocycles. The molecular weight excluding hydrogens is 266 g/mol. The Morgan fingerprint density at radius 3 is 2.55 bits per heavy atom. The third kappa shape index (κ3) is 3.76. The van der Waals surface area contributed by atoms with Gasteiger partial charge in [-0.1, -0.05) is 17.8 Å². The van der Waals surface area contributed by atoms with Crippen molar-refractivity contribution in [2.24, 2.45) is 0 Å². The molecule has 0 amide bonds. The minimum absolute atomic E-state index is 0.592. The van der Waals surface area contributed by atoms with Gasteiger partial charge in [-0.3, -0.25) is 4.90 Å². The minimum Gasteiger partial charge on any atom is -0.333 e. The highest BCUT2D eigenvalue weighted by Crippen LogP contribution is 2.20. The van der Waals surface area contributed by atoms with Gasteiger partial charge in [-0.2, -0.15) is 0 Å². The summed E-state index contributed by atoms with van der Waals surface area (Å²) in [6, 6.07) is 7.54. The van der Waals surface area contributed by atoms with Crippen molar-refractivity contribution in [3.05, 3.63) is 23.8 Å². The first-order valence-electron chi connectivity index (χ1n) is 7.32. The smallest absolute Gasteiger partial charge is 0.166 e. The Kier molecular flexibility index (Phi) is 5.11. The van der Waals surface area contributed by atoms with Gasteiger partial charge in [0.1, 0.15) is 0 Å². The van der Waals surface area contributed by atoms with E-state index in [9.17, 15) is 0 Å². The van der Waals surface area contributed by atoms with Gasteiger partial charge in [-0.25, -0.2) is 4.98 Å². The summed E-state index contributed by atoms with van der Waals surface area (Å²) in [6.45, 7) is 12.2. The van der Waals surface area contributed by atoms with Gasteiger partial charge in [0.25, 0.3) is 0 Å². The number of imidazole rings is 1. The summed E-state index contributed by atoms with van der Waals surface area (Å²) in [7, 11) is 0. The third-order valence-electron chi connectivity index (χ3n) is 3.53. The van der Waals surface area contributed by atoms with Crippen LogP contribution in [0.1, 0.15) is 33.3 Å². The predicted octanol–water partition coefficient (Wildman–Crippen LogP) is 4.08. The molecule has 0 spiro atoms. The highest BCUT2D eigenvalue weighted by Gasteiger charge is 2.13. The molecule has 2 rings (SSSR count). The van der Waals surface area contributed by atoms with Crippen molar-refractivity contribution in [3.63, 3.8) is 0 Å². The van der Waals surface area contributed by atoms with E-state index < -0.39 is 0 Å². The fraction of sp³-hybridized carbons (Fsp3) is 0.562. The number of nitrogens with one attached hydrogen (secondary N) is 1. The first kappa shape index (κ1) is 15.4. The molecule has 0 atom stereocenters. The first-order chi connectivity index (χ1) is 9.47. The van der Waals surface area contributed by atoms with E-state index in [-0.39, 0.29) is 0 Å². The van der Waals surface area contributed by atoms with Gasteiger partial charge in [0.2, 0.25) is 0 Å². The molecule has 2 aromatic rings. The fourth-order valence-corrected chi connectivity index (χ4v) is 3.36. The van der Waals surface area contributed by atoms with Crippen molar-refractivity contribution in [2.75, 3.05) is 12.3 Å². The van der Waals surface area contributed by atoms with Crippen molar-refractivity contribution in [1.29, 1.82) is 0 Å². The molecule has 0 aliphatic heterocycles. The van der Waals surface area contributed by atoms with E-state index in [4.69, 9.17) is 0 Å². The minimum atomic E-state index is 0.592. The number of fused-ring (bicyclic) bond motifs is 1. The number of rotatable bonds is 6. The van der Waals surface area contributed by atoms with Crippen LogP contribution >= 0.6 is 11.8 Å². The average Bonchev–Trinajstić information content (AvgIpc) is 2.75. The summed E-state index contributed by atoms with van der Waals surface area (Å²) >= 11 is 1.81. The van der Waals surface area contributed by atoms with Crippen LogP contribution < -0.4 is 0 Å². The molecule has 1 aromatic heterocycles. The van der Waals surface area contributed by atoms with E-state index in [0.29, 0.717) is 12.1 Å². The number of aromatic nitrogens is 2. The third-order valence-corrected chi connectivity index (χ3v) is 4.39. The Morgan fingerprint density at radius 1 is 1.20 bits per heavy atom. The van der Waals surface area contributed by atoms with Crippen LogP contribution in [0.2, 0.25) is 0 Å². The Bertz CT molecular complexity index is 552. The summed E-state index contributed by atoms with van der Waals surface area (Å²) in [6.07, 6.45) is 0. The number of nitrogens with zero attached hydrogens (tertiary/aromatic N) is 2. The summed E-state index contributed by atoms with van der Waals surface area (Å²) in [5.74, 6) is 1.06. The second-order valence-corrected chi connectivity index (χ2v) is 6.92. The summed E-state index contributed by atoms with van der Waals surface area (Å²) in [5, 5.41) is 1.03. The van der Waals surface area contributed by atoms with Crippen molar-refractivity contribution in [1.82, 2.24) is 14.9 Å². The van der Waals surface area contributed by atoms with E-state index in [1.807, 2.05) is 0 Å². The van der Waals surface area contributed by atoms with E-state index in [2.05, 4.69) is 67.7 Å². The number of aromatic amines is 1. The van der Waals surface area contributed by atoms with Crippen LogP contribution in [-0.4, -0.2) is 39.2 Å². The standard InChI is InChI=1S/C16H25N3S/c1-11(2)19(12(3)4)8-9-20-16-17-14-7-6-13(5)10-15(14)18-16/h6-7,10-12H,8-9H2,1-5H3,(H,17,18). The maximum atomic E-state index is 4.65. The Hall–Kier alpha value is -1.00. The number of hydrogen-bond donors (Lipinski definition) is 1. The van der Waals surface area contributed by atoms with E-state index in [1.165, 1.54) is 5.56 Å². The Balaban J connectivity index is 1.95. The van der Waals surface area contributed by atoms with Crippen LogP contribution in [0.25, 0.3) is 11.0 Å². The number of benzene rings is 1. The van der Waals surface area contributed by atoms with Crippen molar-refractivity contribution in [3.8, 4) is 0 Å². The van der Waals surface area contributed by atoms with E-state index in [1.54, 1.807) is 11.8 Å². The zero-order valence-electron chi connectivity index (χ0n) is 13.1. The zero-order valence-corrected chi connectivity index (χ0v) is 13.9. The SMILES string of the molecule is Cc1ccc2[nH]c(SCCN(C(C)C)C(C)C)nc2c1. The lowest BCUT2D eigenvalue weighted by atomic mass is 10.2. The van der Waals surface area contributed by atoms with Crippen LogP contribution in [-0.2, 0) is 0 Å². The normalized spacial score (nSPS) is 12.2. The molecule has 1 N–H and O–H groups in total. The molecule has 0 radical (unpaired) electrons. The highest BCUT2D eigenvalue weighted by atomic mass is 32.2. The highest BCUT2D eigenvalue weighted by molar-refractivity contribution is 7.99. The summed E-state index contributed by atoms with van der Waals surface area (Å²) < 4.78 is 0. The van der Waals surface area contributed by atoms with Crippen LogP contribution in [0.3, 0.4) is 0 Å². The van der Waals surface area contributed by atoms with Crippen LogP contribution in [0.5, 0.6) is 0 Å². The number of hydrogen-bond acceptors (Lipinski definition) is 3. The molecule has 1 heterocycles. The second kappa shape index (κ2) is 6.64. The lowest BCUT2D eigenvalue weighted by Gasteiger charge is -2.30. The first-order valence-corrected chi connectivity index (χ1v) is 8.31. The van der Waals surface area contributed by atoms with Gasteiger partial charge in [-0.05, 0) is 52.3 Å². The molecular formula is C16H25N3S. The Morgan fingerprint density at radius 2 is 1.90 bits per heavy atom. The molecule has 0 bridgehead atoms. The molecule has 0 aliphatic carbocycles. The van der Waals surface area contributed by atoms with Crippen LogP contribution in [0.15, 0.2) is 23.4 Å². The quantitative estimate of drug-likeness (QED) is 0.814.